The molecule has 1 heterocycles. The lowest BCUT2D eigenvalue weighted by molar-refractivity contribution is 0.103. The smallest absolute Gasteiger partial charge is 0.197 e. The number of rotatable bonds is 16. The molecule has 6 nitrogen and oxygen atoms in total. The van der Waals surface area contributed by atoms with Crippen molar-refractivity contribution in [1.82, 2.24) is 4.90 Å². The second kappa shape index (κ2) is 15.3. The number of para-hydroxylation sites is 1. The fourth-order valence-corrected chi connectivity index (χ4v) is 5.46. The van der Waals surface area contributed by atoms with Crippen LogP contribution in [0.2, 0.25) is 0 Å². The molecule has 44 heavy (non-hydrogen) atoms. The van der Waals surface area contributed by atoms with E-state index in [1.807, 2.05) is 48.5 Å². The zero-order valence-corrected chi connectivity index (χ0v) is 25.9. The van der Waals surface area contributed by atoms with Crippen LogP contribution in [0.5, 0.6) is 17.2 Å². The van der Waals surface area contributed by atoms with Crippen molar-refractivity contribution in [2.75, 3.05) is 34.4 Å². The first-order chi connectivity index (χ1) is 21.6. The molecule has 0 atom stereocenters. The third kappa shape index (κ3) is 7.88. The van der Waals surface area contributed by atoms with E-state index >= 15 is 0 Å². The van der Waals surface area contributed by atoms with Crippen molar-refractivity contribution in [2.24, 2.45) is 0 Å². The molecule has 0 N–H and O–H groups in total. The van der Waals surface area contributed by atoms with Crippen LogP contribution < -0.4 is 14.2 Å². The van der Waals surface area contributed by atoms with Gasteiger partial charge in [-0.3, -0.25) is 4.79 Å². The van der Waals surface area contributed by atoms with Crippen LogP contribution in [0.15, 0.2) is 101 Å². The molecular formula is C38H41NO5. The summed E-state index contributed by atoms with van der Waals surface area (Å²) in [5.41, 5.74) is 3.76. The van der Waals surface area contributed by atoms with Gasteiger partial charge in [0.1, 0.15) is 28.6 Å². The summed E-state index contributed by atoms with van der Waals surface area (Å²) in [6, 6.07) is 31.2. The fraction of sp³-hybridized carbons (Fsp3) is 0.289. The van der Waals surface area contributed by atoms with Crippen molar-refractivity contribution < 1.29 is 23.4 Å². The lowest BCUT2D eigenvalue weighted by Crippen LogP contribution is -2.18. The maximum atomic E-state index is 14.0. The fourth-order valence-electron chi connectivity index (χ4n) is 5.46. The first-order valence-corrected chi connectivity index (χ1v) is 15.3. The first kappa shape index (κ1) is 30.9. The number of ketones is 1. The Morgan fingerprint density at radius 1 is 0.727 bits per heavy atom. The number of fused-ring (bicyclic) bond motifs is 1. The minimum absolute atomic E-state index is 0.167. The number of furan rings is 1. The third-order valence-corrected chi connectivity index (χ3v) is 7.78. The normalized spacial score (nSPS) is 11.2. The summed E-state index contributed by atoms with van der Waals surface area (Å²) in [5.74, 6) is 2.20. The molecule has 5 rings (SSSR count). The van der Waals surface area contributed by atoms with Gasteiger partial charge < -0.3 is 23.5 Å². The number of nitrogens with zero attached hydrogens (tertiary/aromatic N) is 1. The number of methoxy groups -OCH3 is 2. The maximum Gasteiger partial charge on any atom is 0.197 e. The van der Waals surface area contributed by atoms with Crippen LogP contribution in [-0.4, -0.2) is 45.1 Å². The Morgan fingerprint density at radius 3 is 2.20 bits per heavy atom. The van der Waals surface area contributed by atoms with Crippen molar-refractivity contribution in [3.63, 3.8) is 0 Å². The Kier molecular flexibility index (Phi) is 10.7. The number of benzene rings is 4. The summed E-state index contributed by atoms with van der Waals surface area (Å²) in [6.07, 6.45) is 5.75. The van der Waals surface area contributed by atoms with Gasteiger partial charge in [0.25, 0.3) is 0 Å². The molecule has 4 aromatic carbocycles. The van der Waals surface area contributed by atoms with Gasteiger partial charge in [0.05, 0.1) is 26.4 Å². The molecule has 5 aromatic rings. The molecule has 0 aliphatic heterocycles. The summed E-state index contributed by atoms with van der Waals surface area (Å²) in [5, 5.41) is 0.756. The summed E-state index contributed by atoms with van der Waals surface area (Å²) in [7, 11) is 5.33. The standard InChI is InChI=1S/C38H41NO5/c1-39(27-28-15-8-7-9-16-28)21-12-5-4-6-13-22-43-31-18-14-17-29(23-31)38-36(34-19-10-11-20-35(34)44-38)37(40)30-24-32(41-2)26-33(25-30)42-3/h7-11,14-20,23-26H,4-6,12-13,21-22,27H2,1-3H3. The van der Waals surface area contributed by atoms with Crippen molar-refractivity contribution in [3.8, 4) is 28.6 Å². The number of unbranched alkanes of at least 4 members (excludes halogenated alkanes) is 4. The van der Waals surface area contributed by atoms with E-state index in [-0.39, 0.29) is 5.78 Å². The van der Waals surface area contributed by atoms with Crippen LogP contribution >= 0.6 is 0 Å². The van der Waals surface area contributed by atoms with E-state index in [1.165, 1.54) is 24.8 Å². The Labute approximate surface area is 260 Å². The number of carbonyl (C=O) groups excluding carboxylic acids is 1. The van der Waals surface area contributed by atoms with Crippen LogP contribution in [0.4, 0.5) is 0 Å². The third-order valence-electron chi connectivity index (χ3n) is 7.78. The molecule has 0 aliphatic rings. The van der Waals surface area contributed by atoms with Crippen LogP contribution in [0, 0.1) is 0 Å². The Hall–Kier alpha value is -4.55. The van der Waals surface area contributed by atoms with Gasteiger partial charge in [-0.15, -0.1) is 0 Å². The molecular weight excluding hydrogens is 550 g/mol. The lowest BCUT2D eigenvalue weighted by Gasteiger charge is -2.16. The quantitative estimate of drug-likeness (QED) is 0.0844. The summed E-state index contributed by atoms with van der Waals surface area (Å²) < 4.78 is 23.2. The molecule has 0 radical (unpaired) electrons. The molecule has 0 saturated heterocycles. The van der Waals surface area contributed by atoms with Gasteiger partial charge in [0.15, 0.2) is 5.78 Å². The minimum Gasteiger partial charge on any atom is -0.497 e. The van der Waals surface area contributed by atoms with Crippen molar-refractivity contribution in [3.05, 3.63) is 114 Å². The average Bonchev–Trinajstić information content (AvgIpc) is 3.45. The zero-order valence-electron chi connectivity index (χ0n) is 25.9. The van der Waals surface area contributed by atoms with Crippen molar-refractivity contribution in [1.29, 1.82) is 0 Å². The van der Waals surface area contributed by atoms with Crippen LogP contribution in [-0.2, 0) is 6.54 Å². The van der Waals surface area contributed by atoms with E-state index in [0.717, 1.165) is 42.6 Å². The highest BCUT2D eigenvalue weighted by Gasteiger charge is 2.24. The summed E-state index contributed by atoms with van der Waals surface area (Å²) >= 11 is 0. The average molecular weight is 592 g/mol. The van der Waals surface area contributed by atoms with E-state index in [2.05, 4.69) is 42.3 Å². The van der Waals surface area contributed by atoms with Crippen molar-refractivity contribution in [2.45, 2.75) is 38.6 Å². The zero-order chi connectivity index (χ0) is 30.7. The highest BCUT2D eigenvalue weighted by Crippen LogP contribution is 2.37. The highest BCUT2D eigenvalue weighted by molar-refractivity contribution is 6.19. The Bertz CT molecular complexity index is 1640. The van der Waals surface area contributed by atoms with Gasteiger partial charge in [0.2, 0.25) is 0 Å². The minimum atomic E-state index is -0.167. The van der Waals surface area contributed by atoms with E-state index in [4.69, 9.17) is 18.6 Å². The number of carbonyl (C=O) groups is 1. The van der Waals surface area contributed by atoms with Gasteiger partial charge in [0, 0.05) is 29.1 Å². The SMILES string of the molecule is COc1cc(OC)cc(C(=O)c2c(-c3cccc(OCCCCCCCN(C)Cc4ccccc4)c3)oc3ccccc23)c1. The summed E-state index contributed by atoms with van der Waals surface area (Å²) in [6.45, 7) is 2.75. The van der Waals surface area contributed by atoms with Gasteiger partial charge >= 0.3 is 0 Å². The predicted molar refractivity (Wildman–Crippen MR) is 176 cm³/mol. The molecule has 0 unspecified atom stereocenters. The van der Waals surface area contributed by atoms with Gasteiger partial charge in [-0.05, 0) is 62.3 Å². The predicted octanol–water partition coefficient (Wildman–Crippen LogP) is 8.81. The number of hydrogen-bond donors (Lipinski definition) is 0. The molecule has 0 spiro atoms. The summed E-state index contributed by atoms with van der Waals surface area (Å²) in [4.78, 5) is 16.4. The number of hydrogen-bond acceptors (Lipinski definition) is 6. The van der Waals surface area contributed by atoms with E-state index < -0.39 is 0 Å². The molecule has 0 saturated carbocycles. The lowest BCUT2D eigenvalue weighted by atomic mass is 9.97. The monoisotopic (exact) mass is 591 g/mol. The van der Waals surface area contributed by atoms with Crippen LogP contribution in [0.1, 0.15) is 53.6 Å². The molecule has 0 amide bonds. The van der Waals surface area contributed by atoms with Crippen molar-refractivity contribution >= 4 is 16.8 Å². The largest absolute Gasteiger partial charge is 0.497 e. The molecule has 0 aliphatic carbocycles. The second-order valence-corrected chi connectivity index (χ2v) is 11.1. The molecule has 6 heteroatoms. The molecule has 1 aromatic heterocycles. The van der Waals surface area contributed by atoms with Gasteiger partial charge in [-0.2, -0.15) is 0 Å². The Balaban J connectivity index is 1.19. The molecule has 0 fully saturated rings. The second-order valence-electron chi connectivity index (χ2n) is 11.1. The first-order valence-electron chi connectivity index (χ1n) is 15.3. The highest BCUT2D eigenvalue weighted by atomic mass is 16.5. The Morgan fingerprint density at radius 2 is 1.43 bits per heavy atom. The van der Waals surface area contributed by atoms with E-state index in [0.29, 0.717) is 40.6 Å². The maximum absolute atomic E-state index is 14.0. The van der Waals surface area contributed by atoms with E-state index in [9.17, 15) is 4.79 Å². The van der Waals surface area contributed by atoms with Crippen LogP contribution in [0.3, 0.4) is 0 Å². The topological polar surface area (TPSA) is 61.1 Å². The van der Waals surface area contributed by atoms with Gasteiger partial charge in [-0.1, -0.05) is 79.9 Å². The molecule has 228 valence electrons. The number of ether oxygens (including phenoxy) is 3. The van der Waals surface area contributed by atoms with E-state index in [1.54, 1.807) is 32.4 Å². The van der Waals surface area contributed by atoms with Crippen LogP contribution in [0.25, 0.3) is 22.3 Å². The molecule has 0 bridgehead atoms. The van der Waals surface area contributed by atoms with Gasteiger partial charge in [-0.25, -0.2) is 0 Å².